The fraction of sp³-hybridized carbons (Fsp3) is 0.462. The van der Waals surface area contributed by atoms with Crippen molar-refractivity contribution in [1.29, 1.82) is 0 Å². The molecule has 1 fully saturated rings. The summed E-state index contributed by atoms with van der Waals surface area (Å²) in [5.41, 5.74) is 1.94. The lowest BCUT2D eigenvalue weighted by Gasteiger charge is -2.06. The Hall–Kier alpha value is -1.76. The van der Waals surface area contributed by atoms with Gasteiger partial charge in [0.1, 0.15) is 0 Å². The van der Waals surface area contributed by atoms with E-state index in [1.165, 1.54) is 0 Å². The van der Waals surface area contributed by atoms with Crippen molar-refractivity contribution in [3.8, 4) is 0 Å². The fourth-order valence-corrected chi connectivity index (χ4v) is 2.97. The number of anilines is 1. The summed E-state index contributed by atoms with van der Waals surface area (Å²) in [6.45, 7) is 2.95. The molecule has 0 unspecified atom stereocenters. The van der Waals surface area contributed by atoms with Gasteiger partial charge in [-0.2, -0.15) is 0 Å². The highest BCUT2D eigenvalue weighted by molar-refractivity contribution is 7.98. The van der Waals surface area contributed by atoms with Crippen LogP contribution in [0.15, 0.2) is 28.3 Å². The van der Waals surface area contributed by atoms with Gasteiger partial charge in [-0.15, -0.1) is 5.10 Å². The second-order valence-corrected chi connectivity index (χ2v) is 5.71. The molecule has 0 spiro atoms. The van der Waals surface area contributed by atoms with Crippen LogP contribution in [0.5, 0.6) is 0 Å². The van der Waals surface area contributed by atoms with Crippen molar-refractivity contribution in [3.05, 3.63) is 34.5 Å². The van der Waals surface area contributed by atoms with Crippen LogP contribution >= 0.6 is 11.8 Å². The number of pyridine rings is 1. The van der Waals surface area contributed by atoms with E-state index in [1.54, 1.807) is 22.5 Å². The van der Waals surface area contributed by atoms with Crippen molar-refractivity contribution in [1.82, 2.24) is 19.7 Å². The summed E-state index contributed by atoms with van der Waals surface area (Å²) in [6, 6.07) is 4.32. The Kier molecular flexibility index (Phi) is 3.77. The van der Waals surface area contributed by atoms with Crippen LogP contribution in [0.3, 0.4) is 0 Å². The molecule has 2 aromatic heterocycles. The normalized spacial score (nSPS) is 14.4. The van der Waals surface area contributed by atoms with E-state index >= 15 is 0 Å². The molecule has 106 valence electrons. The van der Waals surface area contributed by atoms with Crippen LogP contribution in [0.1, 0.15) is 31.5 Å². The Labute approximate surface area is 121 Å². The van der Waals surface area contributed by atoms with Crippen LogP contribution in [-0.4, -0.2) is 26.3 Å². The molecule has 1 saturated carbocycles. The highest BCUT2D eigenvalue weighted by Crippen LogP contribution is 2.36. The van der Waals surface area contributed by atoms with Crippen LogP contribution < -0.4 is 11.0 Å². The number of hydrogen-bond donors (Lipinski definition) is 2. The molecule has 1 aliphatic carbocycles. The van der Waals surface area contributed by atoms with Gasteiger partial charge in [0.05, 0.1) is 5.69 Å². The predicted molar refractivity (Wildman–Crippen MR) is 79.1 cm³/mol. The Balaban J connectivity index is 1.70. The molecule has 2 N–H and O–H groups in total. The molecule has 0 amide bonds. The lowest BCUT2D eigenvalue weighted by atomic mass is 10.3. The van der Waals surface area contributed by atoms with Gasteiger partial charge in [0.2, 0.25) is 0 Å². The predicted octanol–water partition coefficient (Wildman–Crippen LogP) is 2.03. The summed E-state index contributed by atoms with van der Waals surface area (Å²) in [5.74, 6) is 0.705. The zero-order chi connectivity index (χ0) is 13.9. The van der Waals surface area contributed by atoms with Crippen LogP contribution in [-0.2, 0) is 5.75 Å². The third-order valence-corrected chi connectivity index (χ3v) is 4.12. The Bertz CT molecular complexity index is 646. The standard InChI is InChI=1S/C13H17N5OS/c1-2-14-9-5-6-15-10(7-9)8-20-13-17-16-12(19)18(13)11-3-4-11/h5-7,11H,2-4,8H2,1H3,(H,14,15)(H,16,19). The van der Waals surface area contributed by atoms with E-state index in [9.17, 15) is 4.79 Å². The molecule has 0 aromatic carbocycles. The van der Waals surface area contributed by atoms with Crippen LogP contribution in [0, 0.1) is 0 Å². The summed E-state index contributed by atoms with van der Waals surface area (Å²) < 4.78 is 1.76. The minimum absolute atomic E-state index is 0.107. The molecule has 0 atom stereocenters. The largest absolute Gasteiger partial charge is 0.385 e. The first kappa shape index (κ1) is 13.2. The van der Waals surface area contributed by atoms with Crippen molar-refractivity contribution >= 4 is 17.4 Å². The van der Waals surface area contributed by atoms with Gasteiger partial charge in [-0.25, -0.2) is 9.89 Å². The van der Waals surface area contributed by atoms with Gasteiger partial charge in [-0.1, -0.05) is 11.8 Å². The van der Waals surface area contributed by atoms with E-state index in [-0.39, 0.29) is 5.69 Å². The Morgan fingerprint density at radius 3 is 3.15 bits per heavy atom. The maximum absolute atomic E-state index is 11.7. The summed E-state index contributed by atoms with van der Waals surface area (Å²) in [6.07, 6.45) is 3.94. The third kappa shape index (κ3) is 2.87. The lowest BCUT2D eigenvalue weighted by molar-refractivity contribution is 0.642. The molecule has 6 nitrogen and oxygen atoms in total. The minimum Gasteiger partial charge on any atom is -0.385 e. The number of rotatable bonds is 6. The zero-order valence-electron chi connectivity index (χ0n) is 11.3. The number of aromatic amines is 1. The van der Waals surface area contributed by atoms with Crippen LogP contribution in [0.2, 0.25) is 0 Å². The highest BCUT2D eigenvalue weighted by atomic mass is 32.2. The van der Waals surface area contributed by atoms with E-state index < -0.39 is 0 Å². The van der Waals surface area contributed by atoms with Gasteiger partial charge in [0, 0.05) is 30.2 Å². The highest BCUT2D eigenvalue weighted by Gasteiger charge is 2.28. The van der Waals surface area contributed by atoms with Gasteiger partial charge in [-0.05, 0) is 31.9 Å². The molecule has 20 heavy (non-hydrogen) atoms. The smallest absolute Gasteiger partial charge is 0.344 e. The number of nitrogens with zero attached hydrogens (tertiary/aromatic N) is 3. The van der Waals surface area contributed by atoms with Crippen molar-refractivity contribution in [2.45, 2.75) is 36.7 Å². The molecule has 3 rings (SSSR count). The quantitative estimate of drug-likeness (QED) is 0.796. The average Bonchev–Trinajstić information content (AvgIpc) is 3.21. The summed E-state index contributed by atoms with van der Waals surface area (Å²) in [7, 11) is 0. The molecular weight excluding hydrogens is 274 g/mol. The summed E-state index contributed by atoms with van der Waals surface area (Å²) in [4.78, 5) is 16.0. The maximum Gasteiger partial charge on any atom is 0.344 e. The first-order valence-corrected chi connectivity index (χ1v) is 7.75. The average molecular weight is 291 g/mol. The van der Waals surface area contributed by atoms with Crippen molar-refractivity contribution in [2.24, 2.45) is 0 Å². The van der Waals surface area contributed by atoms with Gasteiger partial charge in [0.25, 0.3) is 0 Å². The van der Waals surface area contributed by atoms with Crippen LogP contribution in [0.25, 0.3) is 0 Å². The molecule has 0 radical (unpaired) electrons. The minimum atomic E-state index is -0.107. The third-order valence-electron chi connectivity index (χ3n) is 3.13. The molecule has 1 aliphatic rings. The Morgan fingerprint density at radius 2 is 2.40 bits per heavy atom. The van der Waals surface area contributed by atoms with Gasteiger partial charge >= 0.3 is 5.69 Å². The maximum atomic E-state index is 11.7. The summed E-state index contributed by atoms with van der Waals surface area (Å²) >= 11 is 1.55. The van der Waals surface area contributed by atoms with Gasteiger partial charge < -0.3 is 5.32 Å². The molecular formula is C13H17N5OS. The molecule has 0 bridgehead atoms. The molecule has 2 heterocycles. The SMILES string of the molecule is CCNc1ccnc(CSc2n[nH]c(=O)n2C2CC2)c1. The first-order valence-electron chi connectivity index (χ1n) is 6.76. The van der Waals surface area contributed by atoms with Crippen LogP contribution in [0.4, 0.5) is 5.69 Å². The van der Waals surface area contributed by atoms with E-state index in [4.69, 9.17) is 0 Å². The number of hydrogen-bond acceptors (Lipinski definition) is 5. The topological polar surface area (TPSA) is 75.6 Å². The Morgan fingerprint density at radius 1 is 1.55 bits per heavy atom. The second-order valence-electron chi connectivity index (χ2n) is 4.77. The van der Waals surface area contributed by atoms with Gasteiger partial charge in [0.15, 0.2) is 5.16 Å². The van der Waals surface area contributed by atoms with E-state index in [0.717, 1.165) is 35.9 Å². The zero-order valence-corrected chi connectivity index (χ0v) is 12.1. The van der Waals surface area contributed by atoms with E-state index in [1.807, 2.05) is 12.1 Å². The second kappa shape index (κ2) is 5.70. The molecule has 0 aliphatic heterocycles. The number of H-pyrrole nitrogens is 1. The van der Waals surface area contributed by atoms with Crippen molar-refractivity contribution in [2.75, 3.05) is 11.9 Å². The van der Waals surface area contributed by atoms with E-state index in [2.05, 4.69) is 27.4 Å². The van der Waals surface area contributed by atoms with Crippen molar-refractivity contribution < 1.29 is 0 Å². The monoisotopic (exact) mass is 291 g/mol. The number of thioether (sulfide) groups is 1. The number of nitrogens with one attached hydrogen (secondary N) is 2. The first-order chi connectivity index (χ1) is 9.78. The molecule has 7 heteroatoms. The molecule has 2 aromatic rings. The van der Waals surface area contributed by atoms with Crippen molar-refractivity contribution in [3.63, 3.8) is 0 Å². The number of aromatic nitrogens is 4. The lowest BCUT2D eigenvalue weighted by Crippen LogP contribution is -2.16. The fourth-order valence-electron chi connectivity index (χ4n) is 2.06. The van der Waals surface area contributed by atoms with Gasteiger partial charge in [-0.3, -0.25) is 9.55 Å². The molecule has 0 saturated heterocycles. The summed E-state index contributed by atoms with van der Waals surface area (Å²) in [5, 5.41) is 10.6. The van der Waals surface area contributed by atoms with E-state index in [0.29, 0.717) is 11.8 Å².